The minimum absolute atomic E-state index is 0.0590. The number of ether oxygens (including phenoxy) is 1. The van der Waals surface area contributed by atoms with Crippen LogP contribution in [0.2, 0.25) is 5.02 Å². The van der Waals surface area contributed by atoms with Gasteiger partial charge in [0.2, 0.25) is 0 Å². The second kappa shape index (κ2) is 10.6. The minimum Gasteiger partial charge on any atom is -0.382 e. The topological polar surface area (TPSA) is 116 Å². The highest BCUT2D eigenvalue weighted by atomic mass is 35.5. The predicted octanol–water partition coefficient (Wildman–Crippen LogP) is 2.15. The summed E-state index contributed by atoms with van der Waals surface area (Å²) in [6.07, 6.45) is -4.54. The molecule has 1 fully saturated rings. The summed E-state index contributed by atoms with van der Waals surface area (Å²) in [7, 11) is 0. The van der Waals surface area contributed by atoms with Crippen molar-refractivity contribution in [2.45, 2.75) is 25.4 Å². The van der Waals surface area contributed by atoms with Crippen LogP contribution < -0.4 is 10.6 Å². The summed E-state index contributed by atoms with van der Waals surface area (Å²) in [5.74, 6) is 0.837. The van der Waals surface area contributed by atoms with Crippen LogP contribution in [0.25, 0.3) is 17.1 Å². The smallest absolute Gasteiger partial charge is 0.382 e. The Morgan fingerprint density at radius 1 is 1.08 bits per heavy atom. The van der Waals surface area contributed by atoms with Crippen LogP contribution >= 0.6 is 11.6 Å². The lowest BCUT2D eigenvalue weighted by Gasteiger charge is -2.29. The molecule has 200 valence electrons. The summed E-state index contributed by atoms with van der Waals surface area (Å²) in [6, 6.07) is 9.68. The third kappa shape index (κ3) is 5.42. The molecule has 0 radical (unpaired) electrons. The number of aromatic nitrogens is 7. The molecule has 4 heterocycles. The highest BCUT2D eigenvalue weighted by Gasteiger charge is 2.39. The van der Waals surface area contributed by atoms with Crippen molar-refractivity contribution in [2.24, 2.45) is 0 Å². The van der Waals surface area contributed by atoms with Gasteiger partial charge in [0.05, 0.1) is 19.8 Å². The molecule has 3 aromatic heterocycles. The molecule has 0 aliphatic carbocycles. The maximum absolute atomic E-state index is 13.1. The Bertz CT molecular complexity index is 1460. The minimum atomic E-state index is -4.92. The highest BCUT2D eigenvalue weighted by Crippen LogP contribution is 2.25. The number of anilines is 1. The first-order chi connectivity index (χ1) is 18.2. The molecule has 11 nitrogen and oxygen atoms in total. The van der Waals surface area contributed by atoms with Gasteiger partial charge in [-0.15, -0.1) is 10.2 Å². The lowest BCUT2D eigenvalue weighted by Crippen LogP contribution is -2.37. The number of aliphatic hydroxyl groups excluding tert-OH is 1. The van der Waals surface area contributed by atoms with E-state index >= 15 is 0 Å². The average Bonchev–Trinajstić information content (AvgIpc) is 3.50. The lowest BCUT2D eigenvalue weighted by atomic mass is 10.2. The number of rotatable bonds is 7. The van der Waals surface area contributed by atoms with Crippen molar-refractivity contribution in [2.75, 3.05) is 31.2 Å². The van der Waals surface area contributed by atoms with Gasteiger partial charge in [-0.25, -0.2) is 24.1 Å². The third-order valence-corrected chi connectivity index (χ3v) is 6.16. The molecule has 4 aromatic rings. The van der Waals surface area contributed by atoms with Crippen molar-refractivity contribution in [3.63, 3.8) is 0 Å². The van der Waals surface area contributed by atoms with Gasteiger partial charge in [-0.2, -0.15) is 13.2 Å². The monoisotopic (exact) mass is 550 g/mol. The van der Waals surface area contributed by atoms with Crippen LogP contribution in [0.3, 0.4) is 0 Å². The molecule has 1 saturated heterocycles. The van der Waals surface area contributed by atoms with Gasteiger partial charge in [0.25, 0.3) is 0 Å². The van der Waals surface area contributed by atoms with E-state index in [0.717, 1.165) is 9.25 Å². The maximum Gasteiger partial charge on any atom is 0.416 e. The number of aliphatic hydroxyl groups is 1. The molecule has 0 spiro atoms. The number of benzene rings is 1. The van der Waals surface area contributed by atoms with Gasteiger partial charge in [-0.05, 0) is 36.4 Å². The van der Waals surface area contributed by atoms with Crippen LogP contribution in [0.4, 0.5) is 19.0 Å². The van der Waals surface area contributed by atoms with E-state index in [0.29, 0.717) is 48.4 Å². The lowest BCUT2D eigenvalue weighted by molar-refractivity contribution is -0.207. The first-order valence-electron chi connectivity index (χ1n) is 11.6. The predicted molar refractivity (Wildman–Crippen MR) is 130 cm³/mol. The van der Waals surface area contributed by atoms with Gasteiger partial charge < -0.3 is 14.7 Å². The molecule has 5 rings (SSSR count). The molecule has 0 saturated carbocycles. The van der Waals surface area contributed by atoms with Crippen LogP contribution in [0, 0.1) is 0 Å². The zero-order valence-corrected chi connectivity index (χ0v) is 20.5. The summed E-state index contributed by atoms with van der Waals surface area (Å²) in [5, 5.41) is 18.7. The van der Waals surface area contributed by atoms with E-state index in [1.54, 1.807) is 12.3 Å². The van der Waals surface area contributed by atoms with Crippen LogP contribution in [0.1, 0.15) is 5.82 Å². The Balaban J connectivity index is 1.46. The maximum atomic E-state index is 13.1. The van der Waals surface area contributed by atoms with E-state index in [9.17, 15) is 23.1 Å². The first-order valence-corrected chi connectivity index (χ1v) is 12.0. The van der Waals surface area contributed by atoms with Gasteiger partial charge in [0.1, 0.15) is 18.6 Å². The Labute approximate surface area is 218 Å². The summed E-state index contributed by atoms with van der Waals surface area (Å²) >= 11 is 5.92. The molecule has 1 N–H and O–H groups in total. The van der Waals surface area contributed by atoms with Crippen molar-refractivity contribution < 1.29 is 23.0 Å². The fourth-order valence-electron chi connectivity index (χ4n) is 4.00. The normalized spacial score (nSPS) is 15.1. The Kier molecular flexibility index (Phi) is 7.19. The van der Waals surface area contributed by atoms with Crippen LogP contribution in [0.15, 0.2) is 53.7 Å². The van der Waals surface area contributed by atoms with E-state index in [2.05, 4.69) is 25.1 Å². The van der Waals surface area contributed by atoms with Crippen LogP contribution in [-0.2, 0) is 17.8 Å². The standard InChI is InChI=1S/C23H22ClF3N8O3/c24-16-5-3-15(4-6-16)20-31-34(22(37)33(20)12-18(36)23(25,26)27)13-19-29-14-35(30-19)17-2-1-7-28-21(17)32-8-10-38-11-9-32/h1-7,14,18,36H,8-13H2/t18-/m0/s1. The summed E-state index contributed by atoms with van der Waals surface area (Å²) in [6.45, 7) is 1.23. The number of pyridine rings is 1. The Morgan fingerprint density at radius 3 is 2.53 bits per heavy atom. The molecule has 0 unspecified atom stereocenters. The second-order valence-corrected chi connectivity index (χ2v) is 8.93. The molecule has 1 atom stereocenters. The van der Waals surface area contributed by atoms with Crippen molar-refractivity contribution in [3.8, 4) is 17.1 Å². The summed E-state index contributed by atoms with van der Waals surface area (Å²) in [5.41, 5.74) is 0.162. The number of nitrogens with zero attached hydrogens (tertiary/aromatic N) is 8. The van der Waals surface area contributed by atoms with E-state index in [1.165, 1.54) is 35.3 Å². The largest absolute Gasteiger partial charge is 0.416 e. The molecule has 38 heavy (non-hydrogen) atoms. The van der Waals surface area contributed by atoms with E-state index in [1.807, 2.05) is 6.07 Å². The highest BCUT2D eigenvalue weighted by molar-refractivity contribution is 6.30. The molecular formula is C23H22ClF3N8O3. The van der Waals surface area contributed by atoms with Gasteiger partial charge in [-0.1, -0.05) is 11.6 Å². The molecule has 1 aliphatic rings. The van der Waals surface area contributed by atoms with Crippen LogP contribution in [0.5, 0.6) is 0 Å². The third-order valence-electron chi connectivity index (χ3n) is 5.91. The molecule has 1 aromatic carbocycles. The first kappa shape index (κ1) is 25.9. The fraction of sp³-hybridized carbons (Fsp3) is 0.348. The van der Waals surface area contributed by atoms with Crippen molar-refractivity contribution >= 4 is 17.4 Å². The molecule has 0 amide bonds. The van der Waals surface area contributed by atoms with Crippen molar-refractivity contribution in [1.29, 1.82) is 0 Å². The Morgan fingerprint density at radius 2 is 1.82 bits per heavy atom. The Hall–Kier alpha value is -3.75. The van der Waals surface area contributed by atoms with E-state index < -0.39 is 24.5 Å². The van der Waals surface area contributed by atoms with Crippen molar-refractivity contribution in [3.05, 3.63) is 70.3 Å². The van der Waals surface area contributed by atoms with Crippen molar-refractivity contribution in [1.82, 2.24) is 34.1 Å². The number of morpholine rings is 1. The zero-order chi connectivity index (χ0) is 26.9. The summed E-state index contributed by atoms with van der Waals surface area (Å²) < 4.78 is 47.9. The molecule has 0 bridgehead atoms. The van der Waals surface area contributed by atoms with Gasteiger partial charge in [-0.3, -0.25) is 4.57 Å². The van der Waals surface area contributed by atoms with Gasteiger partial charge >= 0.3 is 11.9 Å². The number of hydrogen-bond acceptors (Lipinski definition) is 8. The molecule has 15 heteroatoms. The average molecular weight is 551 g/mol. The van der Waals surface area contributed by atoms with Crippen LogP contribution in [-0.4, -0.2) is 77.8 Å². The number of alkyl halides is 3. The fourth-order valence-corrected chi connectivity index (χ4v) is 4.13. The van der Waals surface area contributed by atoms with Gasteiger partial charge in [0.15, 0.2) is 23.6 Å². The number of halogens is 4. The number of hydrogen-bond donors (Lipinski definition) is 1. The summed E-state index contributed by atoms with van der Waals surface area (Å²) in [4.78, 5) is 23.9. The zero-order valence-electron chi connectivity index (χ0n) is 19.8. The van der Waals surface area contributed by atoms with Gasteiger partial charge in [0, 0.05) is 29.9 Å². The van der Waals surface area contributed by atoms with E-state index in [-0.39, 0.29) is 18.2 Å². The molecular weight excluding hydrogens is 529 g/mol. The quantitative estimate of drug-likeness (QED) is 0.372. The van der Waals surface area contributed by atoms with E-state index in [4.69, 9.17) is 16.3 Å². The second-order valence-electron chi connectivity index (χ2n) is 8.49. The molecule has 1 aliphatic heterocycles. The SMILES string of the molecule is O=c1n(Cc2ncn(-c3cccnc3N3CCOCC3)n2)nc(-c2ccc(Cl)cc2)n1C[C@H](O)C(F)(F)F.